The highest BCUT2D eigenvalue weighted by atomic mass is 19.1. The maximum absolute atomic E-state index is 13.2. The van der Waals surface area contributed by atoms with Crippen LogP contribution >= 0.6 is 0 Å². The maximum Gasteiger partial charge on any atom is 0.141 e. The van der Waals surface area contributed by atoms with E-state index in [1.54, 1.807) is 0 Å². The minimum Gasteiger partial charge on any atom is -0.345 e. The molecule has 96 valence electrons. The van der Waals surface area contributed by atoms with Crippen molar-refractivity contribution in [2.45, 2.75) is 19.4 Å². The van der Waals surface area contributed by atoms with Crippen molar-refractivity contribution in [2.24, 2.45) is 5.92 Å². The second kappa shape index (κ2) is 5.83. The van der Waals surface area contributed by atoms with Gasteiger partial charge in [-0.3, -0.25) is 0 Å². The summed E-state index contributed by atoms with van der Waals surface area (Å²) < 4.78 is 13.2. The average Bonchev–Trinajstić information content (AvgIpc) is 3.13. The van der Waals surface area contributed by atoms with E-state index in [-0.39, 0.29) is 5.82 Å². The molecule has 0 aliphatic heterocycles. The minimum atomic E-state index is -0.309. The number of hydrogen-bond donors (Lipinski definition) is 1. The van der Waals surface area contributed by atoms with Gasteiger partial charge in [0.1, 0.15) is 11.6 Å². The van der Waals surface area contributed by atoms with E-state index in [9.17, 15) is 4.39 Å². The molecule has 1 heterocycles. The molecule has 0 spiro atoms. The third-order valence-corrected chi connectivity index (χ3v) is 3.03. The normalized spacial score (nSPS) is 14.3. The monoisotopic (exact) mass is 247 g/mol. The van der Waals surface area contributed by atoms with E-state index < -0.39 is 0 Å². The SMILES string of the molecule is C#CCN(CC1CC1)c1ncc(F)cc1CNC. The molecule has 1 aliphatic rings. The number of hydrogen-bond acceptors (Lipinski definition) is 3. The number of pyridine rings is 1. The van der Waals surface area contributed by atoms with Crippen LogP contribution in [0.5, 0.6) is 0 Å². The first kappa shape index (κ1) is 12.8. The molecule has 0 aromatic carbocycles. The molecule has 0 bridgehead atoms. The van der Waals surface area contributed by atoms with Gasteiger partial charge in [-0.25, -0.2) is 9.37 Å². The molecule has 0 unspecified atom stereocenters. The molecule has 0 radical (unpaired) electrons. The van der Waals surface area contributed by atoms with Crippen LogP contribution < -0.4 is 10.2 Å². The Balaban J connectivity index is 2.23. The molecular weight excluding hydrogens is 229 g/mol. The topological polar surface area (TPSA) is 28.2 Å². The quantitative estimate of drug-likeness (QED) is 0.777. The molecule has 1 N–H and O–H groups in total. The van der Waals surface area contributed by atoms with E-state index in [1.165, 1.54) is 25.1 Å². The number of nitrogens with zero attached hydrogens (tertiary/aromatic N) is 2. The van der Waals surface area contributed by atoms with Gasteiger partial charge in [-0.1, -0.05) is 5.92 Å². The molecule has 1 aromatic rings. The predicted octanol–water partition coefficient (Wildman–Crippen LogP) is 1.79. The van der Waals surface area contributed by atoms with Gasteiger partial charge in [0, 0.05) is 18.7 Å². The summed E-state index contributed by atoms with van der Waals surface area (Å²) in [4.78, 5) is 6.29. The molecule has 18 heavy (non-hydrogen) atoms. The third-order valence-electron chi connectivity index (χ3n) is 3.03. The van der Waals surface area contributed by atoms with Crippen LogP contribution in [0.2, 0.25) is 0 Å². The summed E-state index contributed by atoms with van der Waals surface area (Å²) in [6.45, 7) is 2.03. The van der Waals surface area contributed by atoms with Crippen LogP contribution in [0.1, 0.15) is 18.4 Å². The van der Waals surface area contributed by atoms with Gasteiger partial charge in [0.25, 0.3) is 0 Å². The highest BCUT2D eigenvalue weighted by molar-refractivity contribution is 5.48. The van der Waals surface area contributed by atoms with Crippen molar-refractivity contribution < 1.29 is 4.39 Å². The maximum atomic E-state index is 13.2. The van der Waals surface area contributed by atoms with Gasteiger partial charge >= 0.3 is 0 Å². The molecule has 0 amide bonds. The van der Waals surface area contributed by atoms with Crippen LogP contribution in [-0.2, 0) is 6.54 Å². The lowest BCUT2D eigenvalue weighted by molar-refractivity contribution is 0.614. The van der Waals surface area contributed by atoms with Gasteiger partial charge in [-0.15, -0.1) is 6.42 Å². The lowest BCUT2D eigenvalue weighted by atomic mass is 10.2. The molecule has 3 nitrogen and oxygen atoms in total. The number of nitrogens with one attached hydrogen (secondary N) is 1. The van der Waals surface area contributed by atoms with Crippen LogP contribution in [-0.4, -0.2) is 25.1 Å². The lowest BCUT2D eigenvalue weighted by Crippen LogP contribution is -2.29. The fourth-order valence-electron chi connectivity index (χ4n) is 2.03. The van der Waals surface area contributed by atoms with Crippen molar-refractivity contribution in [2.75, 3.05) is 25.0 Å². The van der Waals surface area contributed by atoms with Gasteiger partial charge in [0.2, 0.25) is 0 Å². The lowest BCUT2D eigenvalue weighted by Gasteiger charge is -2.23. The minimum absolute atomic E-state index is 0.309. The van der Waals surface area contributed by atoms with Crippen LogP contribution in [0.3, 0.4) is 0 Å². The number of terminal acetylenes is 1. The summed E-state index contributed by atoms with van der Waals surface area (Å²) in [5.74, 6) is 3.86. The number of rotatable bonds is 6. The largest absolute Gasteiger partial charge is 0.345 e. The second-order valence-electron chi connectivity index (χ2n) is 4.69. The Bertz CT molecular complexity index is 449. The van der Waals surface area contributed by atoms with Crippen LogP contribution in [0.4, 0.5) is 10.2 Å². The van der Waals surface area contributed by atoms with Gasteiger partial charge in [0.05, 0.1) is 12.7 Å². The summed E-state index contributed by atoms with van der Waals surface area (Å²) in [6, 6.07) is 1.52. The third kappa shape index (κ3) is 3.21. The van der Waals surface area contributed by atoms with E-state index in [4.69, 9.17) is 6.42 Å². The molecule has 0 saturated heterocycles. The second-order valence-corrected chi connectivity index (χ2v) is 4.69. The summed E-state index contributed by atoms with van der Waals surface area (Å²) in [5, 5.41) is 3.03. The highest BCUT2D eigenvalue weighted by Crippen LogP contribution is 2.31. The van der Waals surface area contributed by atoms with Crippen molar-refractivity contribution in [3.05, 3.63) is 23.6 Å². The Hall–Kier alpha value is -1.60. The van der Waals surface area contributed by atoms with E-state index in [1.807, 2.05) is 7.05 Å². The summed E-state index contributed by atoms with van der Waals surface area (Å²) in [5.41, 5.74) is 0.855. The Kier molecular flexibility index (Phi) is 4.16. The van der Waals surface area contributed by atoms with E-state index >= 15 is 0 Å². The summed E-state index contributed by atoms with van der Waals surface area (Å²) in [6.07, 6.45) is 9.17. The van der Waals surface area contributed by atoms with Crippen molar-refractivity contribution in [3.8, 4) is 12.3 Å². The Morgan fingerprint density at radius 3 is 3.00 bits per heavy atom. The van der Waals surface area contributed by atoms with Gasteiger partial charge in [-0.05, 0) is 31.9 Å². The average molecular weight is 247 g/mol. The first-order valence-corrected chi connectivity index (χ1v) is 6.22. The van der Waals surface area contributed by atoms with Crippen molar-refractivity contribution in [1.29, 1.82) is 0 Å². The Labute approximate surface area is 107 Å². The summed E-state index contributed by atoms with van der Waals surface area (Å²) in [7, 11) is 1.83. The molecule has 0 atom stereocenters. The first-order valence-electron chi connectivity index (χ1n) is 6.22. The van der Waals surface area contributed by atoms with Crippen LogP contribution in [0.25, 0.3) is 0 Å². The predicted molar refractivity (Wildman–Crippen MR) is 70.7 cm³/mol. The zero-order valence-corrected chi connectivity index (χ0v) is 10.6. The van der Waals surface area contributed by atoms with Gasteiger partial charge < -0.3 is 10.2 Å². The molecule has 1 saturated carbocycles. The highest BCUT2D eigenvalue weighted by Gasteiger charge is 2.25. The molecule has 1 aliphatic carbocycles. The molecule has 2 rings (SSSR count). The Morgan fingerprint density at radius 2 is 2.39 bits per heavy atom. The standard InChI is InChI=1S/C14H18FN3/c1-3-6-18(10-11-4-5-11)14-12(8-16-2)7-13(15)9-17-14/h1,7,9,11,16H,4-6,8,10H2,2H3. The summed E-state index contributed by atoms with van der Waals surface area (Å²) >= 11 is 0. The van der Waals surface area contributed by atoms with Crippen LogP contribution in [0, 0.1) is 24.1 Å². The number of anilines is 1. The van der Waals surface area contributed by atoms with E-state index in [0.29, 0.717) is 19.0 Å². The smallest absolute Gasteiger partial charge is 0.141 e. The zero-order valence-electron chi connectivity index (χ0n) is 10.6. The molecule has 1 fully saturated rings. The van der Waals surface area contributed by atoms with Crippen LogP contribution in [0.15, 0.2) is 12.3 Å². The molecular formula is C14H18FN3. The zero-order chi connectivity index (χ0) is 13.0. The fourth-order valence-corrected chi connectivity index (χ4v) is 2.03. The van der Waals surface area contributed by atoms with Crippen molar-refractivity contribution in [1.82, 2.24) is 10.3 Å². The van der Waals surface area contributed by atoms with Crippen molar-refractivity contribution >= 4 is 5.82 Å². The van der Waals surface area contributed by atoms with Gasteiger partial charge in [-0.2, -0.15) is 0 Å². The van der Waals surface area contributed by atoms with E-state index in [2.05, 4.69) is 21.1 Å². The fraction of sp³-hybridized carbons (Fsp3) is 0.500. The van der Waals surface area contributed by atoms with Gasteiger partial charge in [0.15, 0.2) is 0 Å². The first-order chi connectivity index (χ1) is 8.74. The Morgan fingerprint density at radius 1 is 1.61 bits per heavy atom. The molecule has 4 heteroatoms. The molecule has 1 aromatic heterocycles. The number of halogens is 1. The van der Waals surface area contributed by atoms with E-state index in [0.717, 1.165) is 17.9 Å². The van der Waals surface area contributed by atoms with Crippen molar-refractivity contribution in [3.63, 3.8) is 0 Å². The number of aromatic nitrogens is 1.